The fourth-order valence-electron chi connectivity index (χ4n) is 4.55. The Bertz CT molecular complexity index is 1700. The van der Waals surface area contributed by atoms with Crippen molar-refractivity contribution in [3.63, 3.8) is 0 Å². The molecule has 1 atom stereocenters. The van der Waals surface area contributed by atoms with E-state index in [1.807, 2.05) is 42.5 Å². The van der Waals surface area contributed by atoms with Gasteiger partial charge in [0.05, 0.1) is 16.8 Å². The van der Waals surface area contributed by atoms with Gasteiger partial charge in [-0.1, -0.05) is 60.6 Å². The number of hydrogen-bond acceptors (Lipinski definition) is 8. The monoisotopic (exact) mass is 579 g/mol. The molecule has 5 aromatic rings. The Kier molecular flexibility index (Phi) is 7.05. The van der Waals surface area contributed by atoms with Gasteiger partial charge in [-0.05, 0) is 66.5 Å². The molecule has 0 radical (unpaired) electrons. The Morgan fingerprint density at radius 3 is 2.74 bits per heavy atom. The first kappa shape index (κ1) is 25.2. The molecule has 11 heteroatoms. The maximum Gasteiger partial charge on any atom is 0.267 e. The van der Waals surface area contributed by atoms with Crippen molar-refractivity contribution in [1.82, 2.24) is 18.9 Å². The van der Waals surface area contributed by atoms with Crippen molar-refractivity contribution in [2.24, 2.45) is 5.92 Å². The first-order chi connectivity index (χ1) is 18.5. The zero-order chi connectivity index (χ0) is 26.2. The maximum absolute atomic E-state index is 13.8. The molecule has 0 fully saturated rings. The molecule has 192 valence electrons. The van der Waals surface area contributed by atoms with Crippen LogP contribution >= 0.6 is 46.2 Å². The number of fused-ring (bicyclic) bond motifs is 3. The maximum atomic E-state index is 13.8. The van der Waals surface area contributed by atoms with E-state index >= 15 is 0 Å². The number of carbonyl (C=O) groups is 1. The second kappa shape index (κ2) is 10.6. The summed E-state index contributed by atoms with van der Waals surface area (Å²) in [5.74, 6) is 0.629. The summed E-state index contributed by atoms with van der Waals surface area (Å²) in [5.41, 5.74) is 2.67. The molecule has 38 heavy (non-hydrogen) atoms. The molecule has 7 nitrogen and oxygen atoms in total. The molecule has 1 N–H and O–H groups in total. The first-order valence-electron chi connectivity index (χ1n) is 12.1. The molecule has 0 spiro atoms. The van der Waals surface area contributed by atoms with Crippen LogP contribution in [0.5, 0.6) is 0 Å². The second-order valence-corrected chi connectivity index (χ2v) is 12.4. The number of hydrogen-bond donors (Lipinski definition) is 1. The predicted molar refractivity (Wildman–Crippen MR) is 156 cm³/mol. The van der Waals surface area contributed by atoms with Crippen LogP contribution in [0.3, 0.4) is 0 Å². The predicted octanol–water partition coefficient (Wildman–Crippen LogP) is 6.47. The van der Waals surface area contributed by atoms with E-state index in [9.17, 15) is 9.59 Å². The molecule has 0 aliphatic heterocycles. The topological polar surface area (TPSA) is 89.8 Å². The fourth-order valence-corrected chi connectivity index (χ4v) is 7.54. The highest BCUT2D eigenvalue weighted by Gasteiger charge is 2.25. The van der Waals surface area contributed by atoms with Crippen molar-refractivity contribution in [3.05, 3.63) is 80.4 Å². The number of benzene rings is 2. The van der Waals surface area contributed by atoms with Gasteiger partial charge in [0.15, 0.2) is 5.16 Å². The van der Waals surface area contributed by atoms with Crippen molar-refractivity contribution >= 4 is 68.3 Å². The van der Waals surface area contributed by atoms with Gasteiger partial charge in [0, 0.05) is 15.5 Å². The Labute approximate surface area is 236 Å². The number of aromatic nitrogens is 4. The van der Waals surface area contributed by atoms with E-state index in [2.05, 4.69) is 21.6 Å². The average Bonchev–Trinajstić information content (AvgIpc) is 3.52. The van der Waals surface area contributed by atoms with Crippen LogP contribution in [0.15, 0.2) is 64.5 Å². The number of halogens is 1. The number of thioether (sulfide) groups is 1. The normalized spacial score (nSPS) is 14.9. The zero-order valence-corrected chi connectivity index (χ0v) is 23.5. The number of amides is 1. The van der Waals surface area contributed by atoms with Crippen LogP contribution in [0.4, 0.5) is 5.95 Å². The van der Waals surface area contributed by atoms with E-state index in [-0.39, 0.29) is 23.2 Å². The number of nitrogens with zero attached hydrogens (tertiary/aromatic N) is 4. The van der Waals surface area contributed by atoms with E-state index in [4.69, 9.17) is 16.6 Å². The summed E-state index contributed by atoms with van der Waals surface area (Å²) in [5, 5.41) is 5.29. The Hall–Kier alpha value is -3.05. The number of thiophene rings is 1. The molecular formula is C27H22ClN5O2S3. The average molecular weight is 580 g/mol. The van der Waals surface area contributed by atoms with Gasteiger partial charge in [-0.3, -0.25) is 19.5 Å². The number of aryl methyl sites for hydroxylation is 1. The lowest BCUT2D eigenvalue weighted by Gasteiger charge is -2.17. The molecule has 0 bridgehead atoms. The van der Waals surface area contributed by atoms with E-state index in [1.54, 1.807) is 28.0 Å². The van der Waals surface area contributed by atoms with Crippen LogP contribution in [0.25, 0.3) is 26.5 Å². The summed E-state index contributed by atoms with van der Waals surface area (Å²) in [4.78, 5) is 38.0. The Morgan fingerprint density at radius 1 is 1.16 bits per heavy atom. The highest BCUT2D eigenvalue weighted by atomic mass is 35.5. The van der Waals surface area contributed by atoms with Gasteiger partial charge in [0.25, 0.3) is 5.56 Å². The molecule has 3 aromatic heterocycles. The number of nitrogens with one attached hydrogen (secondary N) is 1. The zero-order valence-electron chi connectivity index (χ0n) is 20.3. The van der Waals surface area contributed by atoms with E-state index in [0.29, 0.717) is 21.1 Å². The second-order valence-electron chi connectivity index (χ2n) is 9.17. The lowest BCUT2D eigenvalue weighted by Crippen LogP contribution is -2.23. The van der Waals surface area contributed by atoms with Crippen LogP contribution in [0.1, 0.15) is 23.8 Å². The third-order valence-corrected chi connectivity index (χ3v) is 9.52. The summed E-state index contributed by atoms with van der Waals surface area (Å²) in [6.45, 7) is 2.25. The molecule has 3 heterocycles. The van der Waals surface area contributed by atoms with Crippen molar-refractivity contribution in [2.75, 3.05) is 11.1 Å². The molecule has 1 amide bonds. The van der Waals surface area contributed by atoms with Gasteiger partial charge in [-0.25, -0.2) is 4.98 Å². The highest BCUT2D eigenvalue weighted by Crippen LogP contribution is 2.37. The van der Waals surface area contributed by atoms with E-state index in [0.717, 1.165) is 46.3 Å². The van der Waals surface area contributed by atoms with Crippen LogP contribution in [0.2, 0.25) is 5.02 Å². The molecule has 2 aromatic carbocycles. The SMILES string of the molecule is C[C@@H]1CCc2c(sc3nc(SCC(=O)Nc4nsc(-c5ccc(Cl)cc5)n4)n(-c4ccccc4)c(=O)c23)C1. The van der Waals surface area contributed by atoms with Gasteiger partial charge in [0.2, 0.25) is 11.9 Å². The number of carbonyl (C=O) groups excluding carboxylic acids is 1. The molecule has 0 unspecified atom stereocenters. The van der Waals surface area contributed by atoms with Crippen molar-refractivity contribution in [3.8, 4) is 16.3 Å². The van der Waals surface area contributed by atoms with Gasteiger partial charge in [0.1, 0.15) is 9.84 Å². The highest BCUT2D eigenvalue weighted by molar-refractivity contribution is 7.99. The molecule has 1 aliphatic rings. The van der Waals surface area contributed by atoms with Crippen LogP contribution < -0.4 is 10.9 Å². The molecule has 6 rings (SSSR count). The van der Waals surface area contributed by atoms with Crippen molar-refractivity contribution in [2.45, 2.75) is 31.3 Å². The van der Waals surface area contributed by atoms with Crippen LogP contribution in [-0.4, -0.2) is 30.6 Å². The Balaban J connectivity index is 1.27. The molecule has 0 saturated carbocycles. The lowest BCUT2D eigenvalue weighted by molar-refractivity contribution is -0.113. The van der Waals surface area contributed by atoms with Gasteiger partial charge >= 0.3 is 0 Å². The number of para-hydroxylation sites is 1. The summed E-state index contributed by atoms with van der Waals surface area (Å²) >= 11 is 10.0. The third kappa shape index (κ3) is 5.01. The minimum Gasteiger partial charge on any atom is -0.293 e. The van der Waals surface area contributed by atoms with Crippen LogP contribution in [0, 0.1) is 5.92 Å². The van der Waals surface area contributed by atoms with Gasteiger partial charge in [-0.2, -0.15) is 9.36 Å². The van der Waals surface area contributed by atoms with Gasteiger partial charge in [-0.15, -0.1) is 11.3 Å². The summed E-state index contributed by atoms with van der Waals surface area (Å²) in [6.07, 6.45) is 2.95. The standard InChI is InChI=1S/C27H22ClN5O2S3/c1-15-7-12-19-20(13-15)37-24-22(19)25(35)33(18-5-3-2-4-6-18)27(31-24)36-14-21(34)29-26-30-23(38-32-26)16-8-10-17(28)11-9-16/h2-6,8-11,15H,7,12-14H2,1H3,(H,29,32,34)/t15-/m1/s1. The largest absolute Gasteiger partial charge is 0.293 e. The number of anilines is 1. The Morgan fingerprint density at radius 2 is 1.95 bits per heavy atom. The smallest absolute Gasteiger partial charge is 0.267 e. The van der Waals surface area contributed by atoms with Crippen molar-refractivity contribution < 1.29 is 4.79 Å². The quantitative estimate of drug-likeness (QED) is 0.183. The number of rotatable bonds is 6. The fraction of sp³-hybridized carbons (Fsp3) is 0.222. The molecule has 0 saturated heterocycles. The van der Waals surface area contributed by atoms with Crippen LogP contribution in [-0.2, 0) is 17.6 Å². The first-order valence-corrected chi connectivity index (χ1v) is 15.1. The summed E-state index contributed by atoms with van der Waals surface area (Å²) < 4.78 is 5.89. The van der Waals surface area contributed by atoms with E-state index in [1.165, 1.54) is 28.2 Å². The summed E-state index contributed by atoms with van der Waals surface area (Å²) in [6, 6.07) is 16.8. The van der Waals surface area contributed by atoms with Crippen molar-refractivity contribution in [1.29, 1.82) is 0 Å². The minimum absolute atomic E-state index is 0.0579. The molecular weight excluding hydrogens is 558 g/mol. The third-order valence-electron chi connectivity index (χ3n) is 6.41. The van der Waals surface area contributed by atoms with E-state index < -0.39 is 0 Å². The lowest BCUT2D eigenvalue weighted by atomic mass is 9.89. The minimum atomic E-state index is -0.274. The summed E-state index contributed by atoms with van der Waals surface area (Å²) in [7, 11) is 0. The molecule has 1 aliphatic carbocycles. The van der Waals surface area contributed by atoms with Gasteiger partial charge < -0.3 is 0 Å².